The van der Waals surface area contributed by atoms with Crippen molar-refractivity contribution in [2.24, 2.45) is 11.8 Å². The summed E-state index contributed by atoms with van der Waals surface area (Å²) in [6.45, 7) is 4.58. The number of ether oxygens (including phenoxy) is 1. The molecule has 7 heteroatoms. The molecule has 1 aromatic carbocycles. The first-order chi connectivity index (χ1) is 10.1. The first kappa shape index (κ1) is 15.7. The standard InChI is InChI=1S/C14H22N4O3/c1-10-6-7-17(9-13(10)21-2)8-11-4-3-5-12(18(19)20)14(11)16-15/h3-5,10,13,16H,6-9,15H2,1-2H3. The number of methoxy groups -OCH3 is 1. The van der Waals surface area contributed by atoms with Gasteiger partial charge in [-0.2, -0.15) is 0 Å². The average Bonchev–Trinajstić information content (AvgIpc) is 2.48. The summed E-state index contributed by atoms with van der Waals surface area (Å²) in [7, 11) is 1.73. The molecule has 0 bridgehead atoms. The summed E-state index contributed by atoms with van der Waals surface area (Å²) in [5.74, 6) is 6.00. The number of nitrogens with one attached hydrogen (secondary N) is 1. The van der Waals surface area contributed by atoms with Gasteiger partial charge in [-0.25, -0.2) is 0 Å². The molecule has 1 aromatic rings. The Hall–Kier alpha value is -1.70. The second kappa shape index (κ2) is 6.84. The molecule has 0 saturated carbocycles. The molecule has 2 rings (SSSR count). The molecule has 0 spiro atoms. The second-order valence-electron chi connectivity index (χ2n) is 5.49. The maximum Gasteiger partial charge on any atom is 0.293 e. The Bertz CT molecular complexity index is 509. The topological polar surface area (TPSA) is 93.7 Å². The highest BCUT2D eigenvalue weighted by molar-refractivity contribution is 5.65. The zero-order valence-electron chi connectivity index (χ0n) is 12.4. The highest BCUT2D eigenvalue weighted by Gasteiger charge is 2.27. The van der Waals surface area contributed by atoms with Gasteiger partial charge in [-0.1, -0.05) is 19.1 Å². The number of rotatable bonds is 5. The summed E-state index contributed by atoms with van der Waals surface area (Å²) in [5, 5.41) is 11.0. The highest BCUT2D eigenvalue weighted by Crippen LogP contribution is 2.29. The minimum Gasteiger partial charge on any atom is -0.380 e. The van der Waals surface area contributed by atoms with E-state index in [4.69, 9.17) is 10.6 Å². The van der Waals surface area contributed by atoms with E-state index in [1.807, 2.05) is 6.07 Å². The number of benzene rings is 1. The number of piperidine rings is 1. The molecule has 1 saturated heterocycles. The van der Waals surface area contributed by atoms with Gasteiger partial charge in [0, 0.05) is 26.3 Å². The van der Waals surface area contributed by atoms with Crippen LogP contribution in [0.15, 0.2) is 18.2 Å². The zero-order chi connectivity index (χ0) is 15.4. The van der Waals surface area contributed by atoms with E-state index in [0.717, 1.165) is 25.1 Å². The summed E-state index contributed by atoms with van der Waals surface area (Å²) < 4.78 is 5.50. The zero-order valence-corrected chi connectivity index (χ0v) is 12.4. The van der Waals surface area contributed by atoms with E-state index in [1.165, 1.54) is 6.07 Å². The van der Waals surface area contributed by atoms with Gasteiger partial charge in [-0.15, -0.1) is 0 Å². The summed E-state index contributed by atoms with van der Waals surface area (Å²) in [4.78, 5) is 12.9. The summed E-state index contributed by atoms with van der Waals surface area (Å²) in [6.07, 6.45) is 1.26. The number of likely N-dealkylation sites (tertiary alicyclic amines) is 1. The lowest BCUT2D eigenvalue weighted by molar-refractivity contribution is -0.384. The molecule has 1 heterocycles. The summed E-state index contributed by atoms with van der Waals surface area (Å²) in [5.41, 5.74) is 3.69. The lowest BCUT2D eigenvalue weighted by Crippen LogP contribution is -2.43. The molecule has 7 nitrogen and oxygen atoms in total. The van der Waals surface area contributed by atoms with Gasteiger partial charge < -0.3 is 10.2 Å². The normalized spacial score (nSPS) is 23.0. The molecule has 0 radical (unpaired) electrons. The van der Waals surface area contributed by atoms with Crippen LogP contribution < -0.4 is 11.3 Å². The van der Waals surface area contributed by atoms with E-state index < -0.39 is 4.92 Å². The van der Waals surface area contributed by atoms with E-state index in [9.17, 15) is 10.1 Å². The number of nitro groups is 1. The fourth-order valence-corrected chi connectivity index (χ4v) is 2.83. The fourth-order valence-electron chi connectivity index (χ4n) is 2.83. The maximum atomic E-state index is 11.0. The highest BCUT2D eigenvalue weighted by atomic mass is 16.6. The number of nitrogens with zero attached hydrogens (tertiary/aromatic N) is 2. The van der Waals surface area contributed by atoms with Gasteiger partial charge in [0.15, 0.2) is 0 Å². The Labute approximate surface area is 124 Å². The number of anilines is 1. The predicted octanol–water partition coefficient (Wildman–Crippen LogP) is 1.74. The van der Waals surface area contributed by atoms with Crippen LogP contribution in [0, 0.1) is 16.0 Å². The molecule has 116 valence electrons. The predicted molar refractivity (Wildman–Crippen MR) is 80.8 cm³/mol. The Morgan fingerprint density at radius 2 is 2.33 bits per heavy atom. The molecule has 1 fully saturated rings. The lowest BCUT2D eigenvalue weighted by atomic mass is 9.95. The molecule has 2 atom stereocenters. The maximum absolute atomic E-state index is 11.0. The Morgan fingerprint density at radius 3 is 2.95 bits per heavy atom. The van der Waals surface area contributed by atoms with Crippen LogP contribution in [0.25, 0.3) is 0 Å². The van der Waals surface area contributed by atoms with E-state index >= 15 is 0 Å². The van der Waals surface area contributed by atoms with Crippen molar-refractivity contribution < 1.29 is 9.66 Å². The van der Waals surface area contributed by atoms with Gasteiger partial charge in [-0.05, 0) is 24.4 Å². The third kappa shape index (κ3) is 3.49. The van der Waals surface area contributed by atoms with Crippen LogP contribution in [-0.4, -0.2) is 36.1 Å². The van der Waals surface area contributed by atoms with Crippen LogP contribution in [0.1, 0.15) is 18.9 Å². The van der Waals surface area contributed by atoms with E-state index in [1.54, 1.807) is 13.2 Å². The van der Waals surface area contributed by atoms with Crippen LogP contribution in [0.2, 0.25) is 0 Å². The molecular weight excluding hydrogens is 272 g/mol. The van der Waals surface area contributed by atoms with Crippen LogP contribution in [0.5, 0.6) is 0 Å². The van der Waals surface area contributed by atoms with Crippen molar-refractivity contribution in [3.63, 3.8) is 0 Å². The molecule has 3 N–H and O–H groups in total. The third-order valence-corrected chi connectivity index (χ3v) is 4.14. The smallest absolute Gasteiger partial charge is 0.293 e. The minimum absolute atomic E-state index is 0.00340. The number of hydrogen-bond acceptors (Lipinski definition) is 6. The molecule has 0 amide bonds. The van der Waals surface area contributed by atoms with Crippen molar-refractivity contribution in [3.05, 3.63) is 33.9 Å². The molecule has 0 aliphatic carbocycles. The molecular formula is C14H22N4O3. The molecule has 0 aromatic heterocycles. The van der Waals surface area contributed by atoms with E-state index in [-0.39, 0.29) is 11.8 Å². The number of hydrogen-bond donors (Lipinski definition) is 2. The minimum atomic E-state index is -0.422. The number of nitrogen functional groups attached to an aromatic ring is 1. The summed E-state index contributed by atoms with van der Waals surface area (Å²) >= 11 is 0. The summed E-state index contributed by atoms with van der Waals surface area (Å²) in [6, 6.07) is 5.01. The largest absolute Gasteiger partial charge is 0.380 e. The van der Waals surface area contributed by atoms with E-state index in [2.05, 4.69) is 17.2 Å². The SMILES string of the molecule is COC1CN(Cc2cccc([N+](=O)[O-])c2NN)CCC1C. The van der Waals surface area contributed by atoms with Gasteiger partial charge in [0.05, 0.1) is 11.0 Å². The number of nitrogens with two attached hydrogens (primary N) is 1. The quantitative estimate of drug-likeness (QED) is 0.488. The van der Waals surface area contributed by atoms with E-state index in [0.29, 0.717) is 18.2 Å². The van der Waals surface area contributed by atoms with Crippen molar-refractivity contribution >= 4 is 11.4 Å². The van der Waals surface area contributed by atoms with Gasteiger partial charge >= 0.3 is 0 Å². The Morgan fingerprint density at radius 1 is 1.57 bits per heavy atom. The Kier molecular flexibility index (Phi) is 5.11. The molecule has 1 aliphatic rings. The van der Waals surface area contributed by atoms with Crippen molar-refractivity contribution in [3.8, 4) is 0 Å². The van der Waals surface area contributed by atoms with Crippen LogP contribution in [0.4, 0.5) is 11.4 Å². The van der Waals surface area contributed by atoms with Crippen molar-refractivity contribution in [1.29, 1.82) is 0 Å². The first-order valence-corrected chi connectivity index (χ1v) is 7.04. The fraction of sp³-hybridized carbons (Fsp3) is 0.571. The van der Waals surface area contributed by atoms with Crippen molar-refractivity contribution in [2.45, 2.75) is 26.0 Å². The van der Waals surface area contributed by atoms with Gasteiger partial charge in [0.1, 0.15) is 5.69 Å². The number of hydrazine groups is 1. The molecule has 2 unspecified atom stereocenters. The van der Waals surface area contributed by atoms with Crippen LogP contribution in [-0.2, 0) is 11.3 Å². The average molecular weight is 294 g/mol. The van der Waals surface area contributed by atoms with Crippen molar-refractivity contribution in [1.82, 2.24) is 4.90 Å². The molecule has 21 heavy (non-hydrogen) atoms. The third-order valence-electron chi connectivity index (χ3n) is 4.14. The van der Waals surface area contributed by atoms with Crippen LogP contribution >= 0.6 is 0 Å². The van der Waals surface area contributed by atoms with Crippen molar-refractivity contribution in [2.75, 3.05) is 25.6 Å². The second-order valence-corrected chi connectivity index (χ2v) is 5.49. The van der Waals surface area contributed by atoms with Gasteiger partial charge in [0.25, 0.3) is 5.69 Å². The number of nitro benzene ring substituents is 1. The Balaban J connectivity index is 2.16. The first-order valence-electron chi connectivity index (χ1n) is 7.04. The van der Waals surface area contributed by atoms with Gasteiger partial charge in [0.2, 0.25) is 0 Å². The monoisotopic (exact) mass is 294 g/mol. The molecule has 1 aliphatic heterocycles. The number of para-hydroxylation sites is 1. The van der Waals surface area contributed by atoms with Gasteiger partial charge in [-0.3, -0.25) is 20.9 Å². The van der Waals surface area contributed by atoms with Crippen LogP contribution in [0.3, 0.4) is 0 Å². The lowest BCUT2D eigenvalue weighted by Gasteiger charge is -2.36.